The van der Waals surface area contributed by atoms with Gasteiger partial charge in [-0.05, 0) is 24.2 Å². The zero-order valence-electron chi connectivity index (χ0n) is 8.14. The molecule has 0 spiro atoms. The van der Waals surface area contributed by atoms with Crippen molar-refractivity contribution in [2.75, 3.05) is 0 Å². The highest BCUT2D eigenvalue weighted by atomic mass is 19.4. The standard InChI is InChI=1S/C8H5F3O2/c9-8(10,11)6-3-1-5(2-4-6)7(12)13/h1-4H,(H,12,13)/i1D,3D. The molecule has 0 radical (unpaired) electrons. The number of carbonyl (C=O) groups is 1. The topological polar surface area (TPSA) is 37.3 Å². The number of carboxylic acid groups (broad SMARTS) is 1. The first-order valence-corrected chi connectivity index (χ1v) is 3.16. The second-order valence-corrected chi connectivity index (χ2v) is 2.21. The zero-order valence-corrected chi connectivity index (χ0v) is 6.14. The van der Waals surface area contributed by atoms with E-state index in [4.69, 9.17) is 7.85 Å². The van der Waals surface area contributed by atoms with Crippen LogP contribution in [-0.4, -0.2) is 11.1 Å². The van der Waals surface area contributed by atoms with Crippen LogP contribution in [0.2, 0.25) is 0 Å². The fourth-order valence-electron chi connectivity index (χ4n) is 0.675. The van der Waals surface area contributed by atoms with Crippen molar-refractivity contribution >= 4 is 5.97 Å². The third kappa shape index (κ3) is 2.21. The highest BCUT2D eigenvalue weighted by Gasteiger charge is 2.30. The monoisotopic (exact) mass is 192 g/mol. The van der Waals surface area contributed by atoms with Crippen LogP contribution in [0.4, 0.5) is 13.2 Å². The zero-order chi connectivity index (χ0) is 11.8. The quantitative estimate of drug-likeness (QED) is 0.741. The lowest BCUT2D eigenvalue weighted by Gasteiger charge is -2.05. The van der Waals surface area contributed by atoms with E-state index in [1.165, 1.54) is 0 Å². The minimum atomic E-state index is -4.75. The Morgan fingerprint density at radius 1 is 1.38 bits per heavy atom. The van der Waals surface area contributed by atoms with Crippen molar-refractivity contribution in [1.29, 1.82) is 0 Å². The van der Waals surface area contributed by atoms with E-state index in [9.17, 15) is 18.0 Å². The predicted octanol–water partition coefficient (Wildman–Crippen LogP) is 2.40. The lowest BCUT2D eigenvalue weighted by Crippen LogP contribution is -2.05. The van der Waals surface area contributed by atoms with Crippen LogP contribution in [0.1, 0.15) is 18.7 Å². The Morgan fingerprint density at radius 2 is 2.00 bits per heavy atom. The van der Waals surface area contributed by atoms with Gasteiger partial charge in [-0.1, -0.05) is 0 Å². The molecule has 1 rings (SSSR count). The molecule has 0 unspecified atom stereocenters. The van der Waals surface area contributed by atoms with Crippen LogP contribution in [0, 0.1) is 0 Å². The number of alkyl halides is 3. The van der Waals surface area contributed by atoms with Gasteiger partial charge in [-0.25, -0.2) is 4.79 Å². The average molecular weight is 192 g/mol. The fraction of sp³-hybridized carbons (Fsp3) is 0.125. The molecular weight excluding hydrogens is 185 g/mol. The number of hydrogen-bond donors (Lipinski definition) is 1. The van der Waals surface area contributed by atoms with Gasteiger partial charge >= 0.3 is 12.1 Å². The third-order valence-electron chi connectivity index (χ3n) is 1.28. The van der Waals surface area contributed by atoms with Crippen molar-refractivity contribution in [2.24, 2.45) is 0 Å². The molecule has 2 nitrogen and oxygen atoms in total. The minimum absolute atomic E-state index is 0.490. The van der Waals surface area contributed by atoms with E-state index in [1.54, 1.807) is 0 Å². The molecule has 0 saturated heterocycles. The molecule has 0 atom stereocenters. The lowest BCUT2D eigenvalue weighted by molar-refractivity contribution is -0.137. The first-order valence-electron chi connectivity index (χ1n) is 4.16. The molecule has 0 bridgehead atoms. The van der Waals surface area contributed by atoms with Crippen molar-refractivity contribution in [3.05, 3.63) is 35.3 Å². The summed E-state index contributed by atoms with van der Waals surface area (Å²) >= 11 is 0. The van der Waals surface area contributed by atoms with E-state index in [1.807, 2.05) is 0 Å². The Labute approximate surface area is 74.4 Å². The number of halogens is 3. The van der Waals surface area contributed by atoms with E-state index < -0.39 is 35.4 Å². The van der Waals surface area contributed by atoms with Crippen molar-refractivity contribution in [2.45, 2.75) is 6.18 Å². The summed E-state index contributed by atoms with van der Waals surface area (Å²) in [6, 6.07) is -0.894. The summed E-state index contributed by atoms with van der Waals surface area (Å²) in [5.74, 6) is -1.53. The number of hydrogen-bond acceptors (Lipinski definition) is 1. The molecule has 0 fully saturated rings. The fourth-order valence-corrected chi connectivity index (χ4v) is 0.675. The lowest BCUT2D eigenvalue weighted by atomic mass is 10.1. The van der Waals surface area contributed by atoms with Crippen LogP contribution >= 0.6 is 0 Å². The molecule has 1 aromatic rings. The molecule has 70 valence electrons. The van der Waals surface area contributed by atoms with E-state index in [0.717, 1.165) is 0 Å². The normalized spacial score (nSPS) is 13.5. The Bertz CT molecular complexity index is 415. The van der Waals surface area contributed by atoms with Gasteiger partial charge in [-0.2, -0.15) is 13.2 Å². The Hall–Kier alpha value is -1.52. The summed E-state index contributed by atoms with van der Waals surface area (Å²) < 4.78 is 50.7. The van der Waals surface area contributed by atoms with Crippen LogP contribution < -0.4 is 0 Å². The van der Waals surface area contributed by atoms with Crippen molar-refractivity contribution < 1.29 is 25.8 Å². The van der Waals surface area contributed by atoms with Crippen LogP contribution in [0.3, 0.4) is 0 Å². The van der Waals surface area contributed by atoms with E-state index >= 15 is 0 Å². The van der Waals surface area contributed by atoms with Crippen LogP contribution in [0.25, 0.3) is 0 Å². The number of carboxylic acids is 1. The molecule has 0 saturated carbocycles. The maximum atomic E-state index is 12.2. The van der Waals surface area contributed by atoms with Gasteiger partial charge < -0.3 is 5.11 Å². The second-order valence-electron chi connectivity index (χ2n) is 2.21. The van der Waals surface area contributed by atoms with Gasteiger partial charge in [0.25, 0.3) is 0 Å². The molecule has 0 aliphatic rings. The van der Waals surface area contributed by atoms with E-state index in [0.29, 0.717) is 12.1 Å². The molecular formula is C8H5F3O2. The van der Waals surface area contributed by atoms with E-state index in [-0.39, 0.29) is 0 Å². The number of rotatable bonds is 1. The van der Waals surface area contributed by atoms with Gasteiger partial charge in [0.05, 0.1) is 13.9 Å². The third-order valence-corrected chi connectivity index (χ3v) is 1.28. The average Bonchev–Trinajstić information content (AvgIpc) is 2.06. The molecule has 1 N–H and O–H groups in total. The molecule has 0 aliphatic carbocycles. The molecule has 0 aromatic heterocycles. The summed E-state index contributed by atoms with van der Waals surface area (Å²) in [5, 5.41) is 8.50. The molecule has 0 aliphatic heterocycles. The molecule has 0 amide bonds. The first-order chi connectivity index (χ1) is 6.75. The maximum absolute atomic E-state index is 12.2. The summed E-state index contributed by atoms with van der Waals surface area (Å²) in [5.41, 5.74) is -1.93. The molecule has 5 heteroatoms. The SMILES string of the molecule is [2H]c1c(C(=O)O)ccc(C(F)(F)F)c1[2H]. The predicted molar refractivity (Wildman–Crippen MR) is 38.4 cm³/mol. The van der Waals surface area contributed by atoms with Gasteiger partial charge in [0.1, 0.15) is 0 Å². The van der Waals surface area contributed by atoms with Gasteiger partial charge in [-0.3, -0.25) is 0 Å². The van der Waals surface area contributed by atoms with Crippen LogP contribution in [-0.2, 0) is 6.18 Å². The molecule has 13 heavy (non-hydrogen) atoms. The van der Waals surface area contributed by atoms with Crippen molar-refractivity contribution in [3.8, 4) is 0 Å². The van der Waals surface area contributed by atoms with Crippen molar-refractivity contribution in [1.82, 2.24) is 0 Å². The maximum Gasteiger partial charge on any atom is 0.416 e. The Morgan fingerprint density at radius 3 is 2.46 bits per heavy atom. The number of benzene rings is 1. The second kappa shape index (κ2) is 3.08. The summed E-state index contributed by atoms with van der Waals surface area (Å²) in [6.45, 7) is 0. The highest BCUT2D eigenvalue weighted by molar-refractivity contribution is 5.87. The van der Waals surface area contributed by atoms with Crippen LogP contribution in [0.15, 0.2) is 24.2 Å². The summed E-state index contributed by atoms with van der Waals surface area (Å²) in [6.07, 6.45) is -4.75. The van der Waals surface area contributed by atoms with Gasteiger partial charge in [-0.15, -0.1) is 0 Å². The Balaban J connectivity index is 3.41. The number of aromatic carboxylic acids is 1. The highest BCUT2D eigenvalue weighted by Crippen LogP contribution is 2.28. The summed E-state index contributed by atoms with van der Waals surface area (Å²) in [4.78, 5) is 10.5. The van der Waals surface area contributed by atoms with Gasteiger partial charge in [0.15, 0.2) is 0 Å². The molecule has 0 heterocycles. The van der Waals surface area contributed by atoms with Gasteiger partial charge in [0, 0.05) is 0 Å². The van der Waals surface area contributed by atoms with E-state index in [2.05, 4.69) is 0 Å². The van der Waals surface area contributed by atoms with Crippen LogP contribution in [0.5, 0.6) is 0 Å². The summed E-state index contributed by atoms with van der Waals surface area (Å²) in [7, 11) is 0. The largest absolute Gasteiger partial charge is 0.478 e. The van der Waals surface area contributed by atoms with Crippen molar-refractivity contribution in [3.63, 3.8) is 0 Å². The first kappa shape index (κ1) is 6.94. The molecule has 1 aromatic carbocycles. The van der Waals surface area contributed by atoms with Gasteiger partial charge in [0.2, 0.25) is 0 Å². The minimum Gasteiger partial charge on any atom is -0.478 e. The smallest absolute Gasteiger partial charge is 0.416 e. The Kier molecular flexibility index (Phi) is 1.65.